The van der Waals surface area contributed by atoms with Crippen LogP contribution in [-0.4, -0.2) is 13.6 Å². The second kappa shape index (κ2) is 5.69. The van der Waals surface area contributed by atoms with Crippen LogP contribution in [0, 0.1) is 0 Å². The molecule has 72 valence electrons. The molecule has 0 fully saturated rings. The Labute approximate surface area is 82.6 Å². The Kier molecular flexibility index (Phi) is 4.14. The third kappa shape index (κ3) is 4.20. The van der Waals surface area contributed by atoms with E-state index >= 15 is 0 Å². The van der Waals surface area contributed by atoms with Gasteiger partial charge in [-0.05, 0) is 12.1 Å². The summed E-state index contributed by atoms with van der Waals surface area (Å²) >= 11 is 0. The Hall–Kier alpha value is -1.91. The lowest BCUT2D eigenvalue weighted by Crippen LogP contribution is -2.07. The highest BCUT2D eigenvalue weighted by atomic mass is 16.6. The molecule has 0 atom stereocenters. The van der Waals surface area contributed by atoms with Crippen LogP contribution in [0.3, 0.4) is 0 Å². The summed E-state index contributed by atoms with van der Waals surface area (Å²) in [5, 5.41) is 0. The van der Waals surface area contributed by atoms with Crippen molar-refractivity contribution in [3.8, 4) is 5.75 Å². The molecule has 5 heteroatoms. The number of carbonyl (C=O) groups excluding carboxylic acids is 1. The molecule has 0 saturated heterocycles. The number of hydrogen-bond acceptors (Lipinski definition) is 3. The smallest absolute Gasteiger partial charge is 0.534 e. The SMILES string of the molecule is NC(=O)C=COBOc1ccccc1. The molecule has 0 radical (unpaired) electrons. The lowest BCUT2D eigenvalue weighted by molar-refractivity contribution is -0.113. The summed E-state index contributed by atoms with van der Waals surface area (Å²) in [5.41, 5.74) is 4.84. The first-order valence-electron chi connectivity index (χ1n) is 4.04. The molecule has 0 saturated carbocycles. The van der Waals surface area contributed by atoms with Gasteiger partial charge in [0.1, 0.15) is 5.75 Å². The zero-order chi connectivity index (χ0) is 10.2. The molecule has 1 aromatic carbocycles. The molecule has 1 amide bonds. The molecule has 0 aliphatic carbocycles. The van der Waals surface area contributed by atoms with Gasteiger partial charge in [0.15, 0.2) is 0 Å². The van der Waals surface area contributed by atoms with Crippen LogP contribution < -0.4 is 10.4 Å². The van der Waals surface area contributed by atoms with E-state index in [0.717, 1.165) is 6.08 Å². The Morgan fingerprint density at radius 1 is 1.36 bits per heavy atom. The van der Waals surface area contributed by atoms with Gasteiger partial charge in [-0.1, -0.05) is 18.2 Å². The molecule has 0 aliphatic heterocycles. The van der Waals surface area contributed by atoms with Crippen LogP contribution in [0.15, 0.2) is 42.7 Å². The van der Waals surface area contributed by atoms with E-state index in [4.69, 9.17) is 15.0 Å². The average molecular weight is 191 g/mol. The Morgan fingerprint density at radius 3 is 2.71 bits per heavy atom. The summed E-state index contributed by atoms with van der Waals surface area (Å²) in [5.74, 6) is 0.157. The molecule has 2 N–H and O–H groups in total. The fourth-order valence-corrected chi connectivity index (χ4v) is 0.773. The van der Waals surface area contributed by atoms with Crippen molar-refractivity contribution in [1.82, 2.24) is 0 Å². The summed E-state index contributed by atoms with van der Waals surface area (Å²) in [6.07, 6.45) is 2.32. The summed E-state index contributed by atoms with van der Waals surface area (Å²) in [6, 6.07) is 9.21. The number of amides is 1. The zero-order valence-corrected chi connectivity index (χ0v) is 7.55. The minimum absolute atomic E-state index is 0.0494. The molecule has 4 nitrogen and oxygen atoms in total. The van der Waals surface area contributed by atoms with Gasteiger partial charge in [0.2, 0.25) is 5.91 Å². The molecule has 1 rings (SSSR count). The maximum absolute atomic E-state index is 10.2. The average Bonchev–Trinajstić information content (AvgIpc) is 2.18. The fraction of sp³-hybridized carbons (Fsp3) is 0. The van der Waals surface area contributed by atoms with Crippen LogP contribution >= 0.6 is 0 Å². The largest absolute Gasteiger partial charge is 0.576 e. The fourth-order valence-electron chi connectivity index (χ4n) is 0.773. The number of primary amides is 1. The third-order valence-corrected chi connectivity index (χ3v) is 1.37. The van der Waals surface area contributed by atoms with E-state index in [2.05, 4.69) is 0 Å². The number of carbonyl (C=O) groups is 1. The van der Waals surface area contributed by atoms with E-state index in [1.807, 2.05) is 18.2 Å². The summed E-state index contributed by atoms with van der Waals surface area (Å²) in [6.45, 7) is 0. The molecule has 0 aromatic heterocycles. The van der Waals surface area contributed by atoms with Crippen molar-refractivity contribution >= 4 is 13.6 Å². The van der Waals surface area contributed by atoms with Crippen LogP contribution in [-0.2, 0) is 9.45 Å². The highest BCUT2D eigenvalue weighted by Gasteiger charge is 1.93. The molecule has 0 unspecified atom stereocenters. The van der Waals surface area contributed by atoms with Gasteiger partial charge in [0, 0.05) is 6.08 Å². The van der Waals surface area contributed by atoms with E-state index < -0.39 is 5.91 Å². The lowest BCUT2D eigenvalue weighted by atomic mass is 10.3. The minimum Gasteiger partial charge on any atom is -0.534 e. The number of benzene rings is 1. The number of rotatable bonds is 5. The van der Waals surface area contributed by atoms with Gasteiger partial charge in [0.25, 0.3) is 0 Å². The normalized spacial score (nSPS) is 9.71. The van der Waals surface area contributed by atoms with Gasteiger partial charge in [0.05, 0.1) is 6.26 Å². The molecule has 0 spiro atoms. The zero-order valence-electron chi connectivity index (χ0n) is 7.55. The summed E-state index contributed by atoms with van der Waals surface area (Å²) in [4.78, 5) is 10.2. The van der Waals surface area contributed by atoms with E-state index in [9.17, 15) is 4.79 Å². The van der Waals surface area contributed by atoms with Gasteiger partial charge in [-0.3, -0.25) is 4.79 Å². The van der Waals surface area contributed by atoms with E-state index in [-0.39, 0.29) is 7.69 Å². The van der Waals surface area contributed by atoms with Crippen LogP contribution in [0.25, 0.3) is 0 Å². The van der Waals surface area contributed by atoms with Crippen molar-refractivity contribution in [3.63, 3.8) is 0 Å². The topological polar surface area (TPSA) is 61.6 Å². The Morgan fingerprint density at radius 2 is 2.07 bits per heavy atom. The third-order valence-electron chi connectivity index (χ3n) is 1.37. The highest BCUT2D eigenvalue weighted by Crippen LogP contribution is 2.06. The van der Waals surface area contributed by atoms with E-state index in [1.165, 1.54) is 6.26 Å². The quantitative estimate of drug-likeness (QED) is 0.316. The van der Waals surface area contributed by atoms with Gasteiger partial charge >= 0.3 is 7.69 Å². The van der Waals surface area contributed by atoms with Crippen molar-refractivity contribution in [2.24, 2.45) is 5.73 Å². The monoisotopic (exact) mass is 191 g/mol. The first kappa shape index (κ1) is 10.2. The Bertz CT molecular complexity index is 313. The summed E-state index contributed by atoms with van der Waals surface area (Å²) < 4.78 is 10.0. The first-order chi connectivity index (χ1) is 6.79. The minimum atomic E-state index is -0.551. The van der Waals surface area contributed by atoms with Gasteiger partial charge in [-0.15, -0.1) is 0 Å². The van der Waals surface area contributed by atoms with Crippen molar-refractivity contribution in [2.45, 2.75) is 0 Å². The molecular formula is C9H10BNO3. The first-order valence-corrected chi connectivity index (χ1v) is 4.04. The van der Waals surface area contributed by atoms with Crippen LogP contribution in [0.1, 0.15) is 0 Å². The van der Waals surface area contributed by atoms with E-state index in [0.29, 0.717) is 5.75 Å². The molecule has 0 bridgehead atoms. The number of hydrogen-bond donors (Lipinski definition) is 1. The van der Waals surface area contributed by atoms with Crippen molar-refractivity contribution in [2.75, 3.05) is 0 Å². The van der Waals surface area contributed by atoms with Crippen molar-refractivity contribution in [1.29, 1.82) is 0 Å². The van der Waals surface area contributed by atoms with E-state index in [1.54, 1.807) is 12.1 Å². The second-order valence-corrected chi connectivity index (χ2v) is 2.45. The molecule has 1 aromatic rings. The van der Waals surface area contributed by atoms with Crippen molar-refractivity contribution < 1.29 is 14.1 Å². The molecular weight excluding hydrogens is 181 g/mol. The van der Waals surface area contributed by atoms with Gasteiger partial charge in [-0.25, -0.2) is 0 Å². The maximum Gasteiger partial charge on any atom is 0.576 e. The Balaban J connectivity index is 2.19. The molecule has 0 aliphatic rings. The van der Waals surface area contributed by atoms with Gasteiger partial charge in [-0.2, -0.15) is 0 Å². The van der Waals surface area contributed by atoms with Gasteiger partial charge < -0.3 is 15.0 Å². The highest BCUT2D eigenvalue weighted by molar-refractivity contribution is 6.19. The predicted molar refractivity (Wildman–Crippen MR) is 53.6 cm³/mol. The standard InChI is InChI=1S/C9H10BNO3/c11-9(12)6-7-13-10-14-8-4-2-1-3-5-8/h1-7,10H,(H2,11,12). The van der Waals surface area contributed by atoms with Crippen LogP contribution in [0.2, 0.25) is 0 Å². The van der Waals surface area contributed by atoms with Crippen molar-refractivity contribution in [3.05, 3.63) is 42.7 Å². The second-order valence-electron chi connectivity index (χ2n) is 2.45. The lowest BCUT2D eigenvalue weighted by Gasteiger charge is -2.02. The maximum atomic E-state index is 10.2. The summed E-state index contributed by atoms with van der Waals surface area (Å²) in [7, 11) is 0.0494. The van der Waals surface area contributed by atoms with Crippen LogP contribution in [0.5, 0.6) is 5.75 Å². The number of para-hydroxylation sites is 1. The molecule has 14 heavy (non-hydrogen) atoms. The molecule has 0 heterocycles. The number of nitrogens with two attached hydrogens (primary N) is 1. The van der Waals surface area contributed by atoms with Crippen LogP contribution in [0.4, 0.5) is 0 Å². The predicted octanol–water partition coefficient (Wildman–Crippen LogP) is 0.347.